The number of benzene rings is 1. The molecule has 0 fully saturated rings. The zero-order valence-electron chi connectivity index (χ0n) is 11.6. The molecule has 0 saturated heterocycles. The van der Waals surface area contributed by atoms with Gasteiger partial charge in [0.2, 0.25) is 0 Å². The lowest BCUT2D eigenvalue weighted by Gasteiger charge is -2.14. The van der Waals surface area contributed by atoms with Crippen LogP contribution in [-0.4, -0.2) is 8.42 Å². The SMILES string of the molecule is CCc1ccc(C(C)NS(=O)(=O)c2cc(Cl)c(Br)s2)cc1. The lowest BCUT2D eigenvalue weighted by Crippen LogP contribution is -2.26. The zero-order valence-corrected chi connectivity index (χ0v) is 15.5. The highest BCUT2D eigenvalue weighted by Gasteiger charge is 2.21. The van der Waals surface area contributed by atoms with Crippen LogP contribution in [0.2, 0.25) is 5.02 Å². The van der Waals surface area contributed by atoms with Crippen molar-refractivity contribution in [3.63, 3.8) is 0 Å². The third-order valence-corrected chi connectivity index (χ3v) is 7.60. The summed E-state index contributed by atoms with van der Waals surface area (Å²) in [5, 5.41) is 0.403. The molecule has 1 atom stereocenters. The zero-order chi connectivity index (χ0) is 15.6. The van der Waals surface area contributed by atoms with Crippen LogP contribution in [-0.2, 0) is 16.4 Å². The Kier molecular flexibility index (Phi) is 5.48. The standard InChI is InChI=1S/C14H15BrClNO2S2/c1-3-10-4-6-11(7-5-10)9(2)17-21(18,19)13-8-12(16)14(15)20-13/h4-9,17H,3H2,1-2H3. The van der Waals surface area contributed by atoms with Crippen molar-refractivity contribution in [3.8, 4) is 0 Å². The third-order valence-electron chi connectivity index (χ3n) is 3.11. The lowest BCUT2D eigenvalue weighted by molar-refractivity contribution is 0.569. The van der Waals surface area contributed by atoms with Crippen molar-refractivity contribution < 1.29 is 8.42 Å². The number of sulfonamides is 1. The van der Waals surface area contributed by atoms with Crippen LogP contribution >= 0.6 is 38.9 Å². The molecule has 0 bridgehead atoms. The van der Waals surface area contributed by atoms with E-state index in [1.807, 2.05) is 31.2 Å². The van der Waals surface area contributed by atoms with Gasteiger partial charge in [0.05, 0.1) is 8.81 Å². The molecule has 0 saturated carbocycles. The van der Waals surface area contributed by atoms with E-state index in [0.717, 1.165) is 23.3 Å². The van der Waals surface area contributed by atoms with Gasteiger partial charge in [-0.1, -0.05) is 42.8 Å². The van der Waals surface area contributed by atoms with Crippen LogP contribution in [0.5, 0.6) is 0 Å². The third kappa shape index (κ3) is 4.07. The molecule has 0 amide bonds. The van der Waals surface area contributed by atoms with E-state index in [2.05, 4.69) is 27.6 Å². The van der Waals surface area contributed by atoms with E-state index in [-0.39, 0.29) is 10.3 Å². The quantitative estimate of drug-likeness (QED) is 0.775. The highest BCUT2D eigenvalue weighted by atomic mass is 79.9. The highest BCUT2D eigenvalue weighted by Crippen LogP contribution is 2.35. The Balaban J connectivity index is 2.18. The summed E-state index contributed by atoms with van der Waals surface area (Å²) in [7, 11) is -3.57. The Morgan fingerprint density at radius 2 is 1.95 bits per heavy atom. The van der Waals surface area contributed by atoms with Gasteiger partial charge < -0.3 is 0 Å². The molecule has 2 rings (SSSR count). The van der Waals surface area contributed by atoms with Crippen molar-refractivity contribution in [2.75, 3.05) is 0 Å². The molecule has 1 unspecified atom stereocenters. The van der Waals surface area contributed by atoms with Gasteiger partial charge in [-0.05, 0) is 46.5 Å². The maximum Gasteiger partial charge on any atom is 0.250 e. The fraction of sp³-hybridized carbons (Fsp3) is 0.286. The fourth-order valence-corrected chi connectivity index (χ4v) is 5.51. The van der Waals surface area contributed by atoms with Gasteiger partial charge >= 0.3 is 0 Å². The molecule has 2 aromatic rings. The average Bonchev–Trinajstić information content (AvgIpc) is 2.79. The number of rotatable bonds is 5. The van der Waals surface area contributed by atoms with Crippen molar-refractivity contribution in [1.29, 1.82) is 0 Å². The van der Waals surface area contributed by atoms with Crippen LogP contribution in [0, 0.1) is 0 Å². The summed E-state index contributed by atoms with van der Waals surface area (Å²) in [4.78, 5) is 0. The minimum Gasteiger partial charge on any atom is -0.206 e. The number of halogens is 2. The van der Waals surface area contributed by atoms with Gasteiger partial charge in [0.1, 0.15) is 4.21 Å². The number of hydrogen-bond donors (Lipinski definition) is 1. The van der Waals surface area contributed by atoms with E-state index in [1.165, 1.54) is 11.6 Å². The molecular formula is C14H15BrClNO2S2. The first-order valence-corrected chi connectivity index (χ1v) is 9.86. The maximum absolute atomic E-state index is 12.3. The second kappa shape index (κ2) is 6.79. The van der Waals surface area contributed by atoms with Gasteiger partial charge in [-0.3, -0.25) is 0 Å². The van der Waals surface area contributed by atoms with Crippen LogP contribution in [0.4, 0.5) is 0 Å². The van der Waals surface area contributed by atoms with Crippen molar-refractivity contribution in [2.45, 2.75) is 30.5 Å². The van der Waals surface area contributed by atoms with E-state index < -0.39 is 10.0 Å². The summed E-state index contributed by atoms with van der Waals surface area (Å²) in [5.41, 5.74) is 2.15. The summed E-state index contributed by atoms with van der Waals surface area (Å²) < 4.78 is 28.1. The van der Waals surface area contributed by atoms with E-state index >= 15 is 0 Å². The number of thiophene rings is 1. The Bertz CT molecular complexity index is 706. The van der Waals surface area contributed by atoms with Gasteiger partial charge in [-0.25, -0.2) is 13.1 Å². The van der Waals surface area contributed by atoms with Crippen LogP contribution in [0.15, 0.2) is 38.3 Å². The molecule has 0 aliphatic rings. The second-order valence-electron chi connectivity index (χ2n) is 4.63. The fourth-order valence-electron chi connectivity index (χ4n) is 1.86. The molecule has 1 aromatic heterocycles. The van der Waals surface area contributed by atoms with E-state index in [0.29, 0.717) is 8.81 Å². The average molecular weight is 409 g/mol. The highest BCUT2D eigenvalue weighted by molar-refractivity contribution is 9.11. The Labute approximate surface area is 142 Å². The van der Waals surface area contributed by atoms with Crippen LogP contribution in [0.25, 0.3) is 0 Å². The van der Waals surface area contributed by atoms with Crippen molar-refractivity contribution in [1.82, 2.24) is 4.72 Å². The molecule has 114 valence electrons. The Morgan fingerprint density at radius 3 is 2.43 bits per heavy atom. The molecular weight excluding hydrogens is 394 g/mol. The Hall–Kier alpha value is -0.400. The first kappa shape index (κ1) is 17.0. The number of aryl methyl sites for hydroxylation is 1. The summed E-state index contributed by atoms with van der Waals surface area (Å²) in [6, 6.07) is 9.07. The van der Waals surface area contributed by atoms with Crippen LogP contribution in [0.1, 0.15) is 31.0 Å². The first-order chi connectivity index (χ1) is 9.83. The smallest absolute Gasteiger partial charge is 0.206 e. The van der Waals surface area contributed by atoms with Crippen molar-refractivity contribution in [2.24, 2.45) is 0 Å². The monoisotopic (exact) mass is 407 g/mol. The minimum atomic E-state index is -3.57. The molecule has 1 heterocycles. The van der Waals surface area contributed by atoms with E-state index in [1.54, 1.807) is 0 Å². The maximum atomic E-state index is 12.3. The molecule has 1 aromatic carbocycles. The second-order valence-corrected chi connectivity index (χ2v) is 9.34. The van der Waals surface area contributed by atoms with Gasteiger partial charge in [0.25, 0.3) is 10.0 Å². The lowest BCUT2D eigenvalue weighted by atomic mass is 10.1. The molecule has 7 heteroatoms. The summed E-state index contributed by atoms with van der Waals surface area (Å²) in [6.45, 7) is 3.91. The van der Waals surface area contributed by atoms with Gasteiger partial charge in [-0.2, -0.15) is 0 Å². The molecule has 0 radical (unpaired) electrons. The largest absolute Gasteiger partial charge is 0.250 e. The summed E-state index contributed by atoms with van der Waals surface area (Å²) >= 11 is 10.2. The van der Waals surface area contributed by atoms with Crippen LogP contribution in [0.3, 0.4) is 0 Å². The number of hydrogen-bond acceptors (Lipinski definition) is 3. The molecule has 1 N–H and O–H groups in total. The van der Waals surface area contributed by atoms with Crippen LogP contribution < -0.4 is 4.72 Å². The molecule has 0 aliphatic heterocycles. The predicted molar refractivity (Wildman–Crippen MR) is 91.6 cm³/mol. The first-order valence-electron chi connectivity index (χ1n) is 6.39. The normalized spacial score (nSPS) is 13.3. The predicted octanol–water partition coefficient (Wildman–Crippen LogP) is 4.77. The Morgan fingerprint density at radius 1 is 1.33 bits per heavy atom. The topological polar surface area (TPSA) is 46.2 Å². The van der Waals surface area contributed by atoms with Gasteiger partial charge in [-0.15, -0.1) is 11.3 Å². The molecule has 0 spiro atoms. The summed E-state index contributed by atoms with van der Waals surface area (Å²) in [5.74, 6) is 0. The minimum absolute atomic E-state index is 0.205. The van der Waals surface area contributed by atoms with Crippen molar-refractivity contribution in [3.05, 3.63) is 50.3 Å². The summed E-state index contributed by atoms with van der Waals surface area (Å²) in [6.07, 6.45) is 0.960. The molecule has 21 heavy (non-hydrogen) atoms. The van der Waals surface area contributed by atoms with Gasteiger partial charge in [0.15, 0.2) is 0 Å². The van der Waals surface area contributed by atoms with Crippen molar-refractivity contribution >= 4 is 48.9 Å². The number of nitrogens with one attached hydrogen (secondary N) is 1. The van der Waals surface area contributed by atoms with Gasteiger partial charge in [0, 0.05) is 6.04 Å². The van der Waals surface area contributed by atoms with E-state index in [9.17, 15) is 8.42 Å². The van der Waals surface area contributed by atoms with E-state index in [4.69, 9.17) is 11.6 Å². The molecule has 3 nitrogen and oxygen atoms in total. The molecule has 0 aliphatic carbocycles.